The number of nitrogens with zero attached hydrogens (tertiary/aromatic N) is 4. The van der Waals surface area contributed by atoms with Gasteiger partial charge in [-0.1, -0.05) is 35.9 Å². The second-order valence-corrected chi connectivity index (χ2v) is 9.33. The van der Waals surface area contributed by atoms with E-state index in [9.17, 15) is 9.59 Å². The first kappa shape index (κ1) is 24.1. The highest BCUT2D eigenvalue weighted by Crippen LogP contribution is 2.23. The first-order chi connectivity index (χ1) is 17.5. The van der Waals surface area contributed by atoms with Gasteiger partial charge in [-0.25, -0.2) is 0 Å². The molecule has 8 nitrogen and oxygen atoms in total. The Hall–Kier alpha value is -3.62. The Morgan fingerprint density at radius 2 is 1.97 bits per heavy atom. The van der Waals surface area contributed by atoms with Gasteiger partial charge >= 0.3 is 0 Å². The summed E-state index contributed by atoms with van der Waals surface area (Å²) < 4.78 is 8.67. The second kappa shape index (κ2) is 10.2. The van der Waals surface area contributed by atoms with E-state index in [4.69, 9.17) is 16.3 Å². The Bertz CT molecular complexity index is 1480. The number of aromatic nitrogens is 3. The SMILES string of the molecule is CCn1c2c(c(=O)n3ncc(C(=O)NCc4cccc(Cl)c4)c13)CN(Cc1ccc(OC)cc1)CC2. The van der Waals surface area contributed by atoms with Crippen molar-refractivity contribution in [3.8, 4) is 5.75 Å². The minimum atomic E-state index is -0.275. The number of carbonyl (C=O) groups excluding carboxylic acids is 1. The molecule has 0 spiro atoms. The molecule has 0 saturated heterocycles. The Balaban J connectivity index is 1.42. The number of benzene rings is 2. The molecule has 1 N–H and O–H groups in total. The molecule has 0 saturated carbocycles. The molecule has 0 aliphatic carbocycles. The monoisotopic (exact) mass is 505 g/mol. The van der Waals surface area contributed by atoms with Gasteiger partial charge in [-0.05, 0) is 42.3 Å². The Kier molecular flexibility index (Phi) is 6.80. The van der Waals surface area contributed by atoms with Crippen LogP contribution >= 0.6 is 11.6 Å². The van der Waals surface area contributed by atoms with E-state index in [1.807, 2.05) is 49.4 Å². The summed E-state index contributed by atoms with van der Waals surface area (Å²) >= 11 is 6.06. The lowest BCUT2D eigenvalue weighted by molar-refractivity contribution is 0.0952. The Morgan fingerprint density at radius 1 is 1.17 bits per heavy atom. The third-order valence-corrected chi connectivity index (χ3v) is 6.87. The van der Waals surface area contributed by atoms with E-state index >= 15 is 0 Å². The van der Waals surface area contributed by atoms with Crippen molar-refractivity contribution in [3.63, 3.8) is 0 Å². The fraction of sp³-hybridized carbons (Fsp3) is 0.296. The second-order valence-electron chi connectivity index (χ2n) is 8.89. The predicted molar refractivity (Wildman–Crippen MR) is 139 cm³/mol. The zero-order chi connectivity index (χ0) is 25.2. The van der Waals surface area contributed by atoms with Crippen molar-refractivity contribution in [2.24, 2.45) is 0 Å². The molecule has 2 aromatic heterocycles. The topological polar surface area (TPSA) is 80.9 Å². The first-order valence-corrected chi connectivity index (χ1v) is 12.4. The van der Waals surface area contributed by atoms with Crippen LogP contribution in [0.1, 0.15) is 39.7 Å². The predicted octanol–water partition coefficient (Wildman–Crippen LogP) is 3.67. The van der Waals surface area contributed by atoms with E-state index < -0.39 is 0 Å². The molecule has 2 aromatic carbocycles. The van der Waals surface area contributed by atoms with Gasteiger partial charge in [-0.15, -0.1) is 0 Å². The zero-order valence-electron chi connectivity index (χ0n) is 20.3. The lowest BCUT2D eigenvalue weighted by Crippen LogP contribution is -2.38. The quantitative estimate of drug-likeness (QED) is 0.414. The normalized spacial score (nSPS) is 13.5. The van der Waals surface area contributed by atoms with Crippen LogP contribution in [0.4, 0.5) is 0 Å². The maximum Gasteiger partial charge on any atom is 0.279 e. The van der Waals surface area contributed by atoms with E-state index in [0.29, 0.717) is 35.9 Å². The van der Waals surface area contributed by atoms with E-state index in [1.54, 1.807) is 13.2 Å². The zero-order valence-corrected chi connectivity index (χ0v) is 21.1. The summed E-state index contributed by atoms with van der Waals surface area (Å²) in [6.07, 6.45) is 2.20. The lowest BCUT2D eigenvalue weighted by atomic mass is 10.0. The van der Waals surface area contributed by atoms with Gasteiger partial charge in [0.15, 0.2) is 5.65 Å². The van der Waals surface area contributed by atoms with E-state index in [1.165, 1.54) is 10.7 Å². The van der Waals surface area contributed by atoms with Crippen LogP contribution in [0.15, 0.2) is 59.5 Å². The van der Waals surface area contributed by atoms with Gasteiger partial charge in [0.05, 0.1) is 18.9 Å². The molecule has 4 aromatic rings. The largest absolute Gasteiger partial charge is 0.497 e. The number of hydrogen-bond donors (Lipinski definition) is 1. The molecule has 0 bridgehead atoms. The molecule has 186 valence electrons. The first-order valence-electron chi connectivity index (χ1n) is 12.0. The molecule has 3 heterocycles. The number of methoxy groups -OCH3 is 1. The Morgan fingerprint density at radius 3 is 2.69 bits per heavy atom. The molecule has 0 unspecified atom stereocenters. The van der Waals surface area contributed by atoms with Gasteiger partial charge in [-0.2, -0.15) is 9.61 Å². The maximum absolute atomic E-state index is 13.5. The van der Waals surface area contributed by atoms with Crippen molar-refractivity contribution in [3.05, 3.63) is 98.1 Å². The van der Waals surface area contributed by atoms with Crippen molar-refractivity contribution < 1.29 is 9.53 Å². The summed E-state index contributed by atoms with van der Waals surface area (Å²) in [5, 5.41) is 7.87. The molecule has 1 amide bonds. The number of amides is 1. The number of ether oxygens (including phenoxy) is 1. The molecule has 5 rings (SSSR count). The van der Waals surface area contributed by atoms with E-state index in [-0.39, 0.29) is 11.5 Å². The van der Waals surface area contributed by atoms with E-state index in [0.717, 1.165) is 47.6 Å². The number of rotatable bonds is 7. The molecule has 9 heteroatoms. The van der Waals surface area contributed by atoms with Crippen LogP contribution in [0.5, 0.6) is 5.75 Å². The average molecular weight is 506 g/mol. The van der Waals surface area contributed by atoms with Crippen LogP contribution in [0.2, 0.25) is 5.02 Å². The van der Waals surface area contributed by atoms with Crippen molar-refractivity contribution >= 4 is 23.2 Å². The average Bonchev–Trinajstić information content (AvgIpc) is 3.34. The van der Waals surface area contributed by atoms with Gasteiger partial charge < -0.3 is 14.6 Å². The number of hydrogen-bond acceptors (Lipinski definition) is 5. The number of fused-ring (bicyclic) bond motifs is 2. The van der Waals surface area contributed by atoms with E-state index in [2.05, 4.69) is 19.9 Å². The van der Waals surface area contributed by atoms with Crippen molar-refractivity contribution in [2.75, 3.05) is 13.7 Å². The minimum Gasteiger partial charge on any atom is -0.497 e. The number of carbonyl (C=O) groups is 1. The molecular weight excluding hydrogens is 478 g/mol. The van der Waals surface area contributed by atoms with Gasteiger partial charge in [0.25, 0.3) is 11.5 Å². The minimum absolute atomic E-state index is 0.168. The van der Waals surface area contributed by atoms with Crippen molar-refractivity contribution in [1.82, 2.24) is 24.4 Å². The Labute approximate surface area is 214 Å². The van der Waals surface area contributed by atoms with Crippen LogP contribution in [0, 0.1) is 0 Å². The number of nitrogens with one attached hydrogen (secondary N) is 1. The van der Waals surface area contributed by atoms with Crippen molar-refractivity contribution in [1.29, 1.82) is 0 Å². The van der Waals surface area contributed by atoms with Crippen LogP contribution in [0.25, 0.3) is 5.65 Å². The standard InChI is InChI=1S/C27H28ClN5O3/c1-3-32-24-11-12-31(16-18-7-9-21(36-2)10-8-18)17-23(24)27(35)33-26(32)22(15-30-33)25(34)29-14-19-5-4-6-20(28)13-19/h4-10,13,15H,3,11-12,14,16-17H2,1-2H3,(H,29,34). The summed E-state index contributed by atoms with van der Waals surface area (Å²) in [6.45, 7) is 5.08. The number of aryl methyl sites for hydroxylation is 1. The molecular formula is C27H28ClN5O3. The highest BCUT2D eigenvalue weighted by molar-refractivity contribution is 6.30. The summed E-state index contributed by atoms with van der Waals surface area (Å²) in [5.74, 6) is 0.547. The number of halogens is 1. The van der Waals surface area contributed by atoms with Gasteiger partial charge in [0.1, 0.15) is 11.3 Å². The molecule has 36 heavy (non-hydrogen) atoms. The molecule has 0 atom stereocenters. The molecule has 0 radical (unpaired) electrons. The highest BCUT2D eigenvalue weighted by Gasteiger charge is 2.27. The fourth-order valence-electron chi connectivity index (χ4n) is 4.85. The van der Waals surface area contributed by atoms with Gasteiger partial charge in [0.2, 0.25) is 0 Å². The summed E-state index contributed by atoms with van der Waals surface area (Å²) in [4.78, 5) is 28.8. The summed E-state index contributed by atoms with van der Waals surface area (Å²) in [6, 6.07) is 15.3. The third-order valence-electron chi connectivity index (χ3n) is 6.64. The van der Waals surface area contributed by atoms with Gasteiger partial charge in [-0.3, -0.25) is 14.5 Å². The smallest absolute Gasteiger partial charge is 0.279 e. The van der Waals surface area contributed by atoms with Crippen molar-refractivity contribution in [2.45, 2.75) is 39.5 Å². The van der Waals surface area contributed by atoms with Gasteiger partial charge in [0, 0.05) is 49.9 Å². The van der Waals surface area contributed by atoms with Crippen LogP contribution in [0.3, 0.4) is 0 Å². The lowest BCUT2D eigenvalue weighted by Gasteiger charge is -2.30. The van der Waals surface area contributed by atoms with Crippen LogP contribution < -0.4 is 15.6 Å². The molecule has 1 aliphatic heterocycles. The third kappa shape index (κ3) is 4.62. The molecule has 0 fully saturated rings. The maximum atomic E-state index is 13.5. The fourth-order valence-corrected chi connectivity index (χ4v) is 5.07. The molecule has 1 aliphatic rings. The highest BCUT2D eigenvalue weighted by atomic mass is 35.5. The van der Waals surface area contributed by atoms with Crippen LogP contribution in [-0.2, 0) is 32.6 Å². The summed E-state index contributed by atoms with van der Waals surface area (Å²) in [7, 11) is 1.65. The van der Waals surface area contributed by atoms with Crippen LogP contribution in [-0.4, -0.2) is 38.6 Å². The summed E-state index contributed by atoms with van der Waals surface area (Å²) in [5.41, 5.74) is 4.53.